The van der Waals surface area contributed by atoms with Crippen LogP contribution in [0.1, 0.15) is 19.8 Å². The average molecular weight is 246 g/mol. The minimum absolute atomic E-state index is 0.167. The highest BCUT2D eigenvalue weighted by molar-refractivity contribution is 7.99. The summed E-state index contributed by atoms with van der Waals surface area (Å²) >= 11 is 1.77. The lowest BCUT2D eigenvalue weighted by Crippen LogP contribution is -2.41. The molecule has 5 heteroatoms. The van der Waals surface area contributed by atoms with E-state index < -0.39 is 0 Å². The Morgan fingerprint density at radius 1 is 1.56 bits per heavy atom. The van der Waals surface area contributed by atoms with Gasteiger partial charge in [0.1, 0.15) is 0 Å². The molecule has 1 unspecified atom stereocenters. The Bertz CT molecular complexity index is 218. The van der Waals surface area contributed by atoms with E-state index in [1.54, 1.807) is 11.8 Å². The summed E-state index contributed by atoms with van der Waals surface area (Å²) in [5.74, 6) is 2.06. The molecule has 3 N–H and O–H groups in total. The molecule has 0 saturated carbocycles. The van der Waals surface area contributed by atoms with Crippen molar-refractivity contribution in [3.05, 3.63) is 0 Å². The van der Waals surface area contributed by atoms with Gasteiger partial charge in [-0.05, 0) is 32.1 Å². The van der Waals surface area contributed by atoms with Crippen LogP contribution in [0, 0.1) is 5.41 Å². The third-order valence-corrected chi connectivity index (χ3v) is 3.97. The second kappa shape index (κ2) is 7.14. The van der Waals surface area contributed by atoms with E-state index in [1.165, 1.54) is 0 Å². The monoisotopic (exact) mass is 246 g/mol. The fraction of sp³-hybridized carbons (Fsp3) is 0.909. The molecular weight excluding hydrogens is 224 g/mol. The van der Waals surface area contributed by atoms with Gasteiger partial charge < -0.3 is 15.7 Å². The number of thioether (sulfide) groups is 1. The lowest BCUT2D eigenvalue weighted by atomic mass is 9.89. The molecule has 1 aliphatic heterocycles. The van der Waals surface area contributed by atoms with Crippen LogP contribution in [0.5, 0.6) is 0 Å². The first kappa shape index (κ1) is 13.8. The lowest BCUT2D eigenvalue weighted by molar-refractivity contribution is -0.129. The number of rotatable bonds is 7. The Morgan fingerprint density at radius 3 is 3.00 bits per heavy atom. The number of hydrogen-bond donors (Lipinski definition) is 3. The van der Waals surface area contributed by atoms with Crippen molar-refractivity contribution in [1.82, 2.24) is 10.6 Å². The molecule has 94 valence electrons. The number of hydrogen-bond acceptors (Lipinski definition) is 4. The molecule has 0 bridgehead atoms. The van der Waals surface area contributed by atoms with Gasteiger partial charge in [0.25, 0.3) is 0 Å². The van der Waals surface area contributed by atoms with Gasteiger partial charge in [-0.15, -0.1) is 0 Å². The first-order valence-corrected chi connectivity index (χ1v) is 7.02. The largest absolute Gasteiger partial charge is 0.396 e. The van der Waals surface area contributed by atoms with E-state index in [0.29, 0.717) is 0 Å². The van der Waals surface area contributed by atoms with Gasteiger partial charge in [-0.1, -0.05) is 0 Å². The van der Waals surface area contributed by atoms with Gasteiger partial charge in [-0.25, -0.2) is 0 Å². The number of amides is 1. The van der Waals surface area contributed by atoms with Crippen molar-refractivity contribution in [2.24, 2.45) is 5.41 Å². The van der Waals surface area contributed by atoms with Crippen LogP contribution >= 0.6 is 11.8 Å². The number of aliphatic hydroxyl groups is 1. The Morgan fingerprint density at radius 2 is 2.38 bits per heavy atom. The summed E-state index contributed by atoms with van der Waals surface area (Å²) in [7, 11) is 0. The van der Waals surface area contributed by atoms with E-state index in [1.807, 2.05) is 6.92 Å². The van der Waals surface area contributed by atoms with E-state index in [4.69, 9.17) is 5.11 Å². The predicted molar refractivity (Wildman–Crippen MR) is 67.6 cm³/mol. The topological polar surface area (TPSA) is 61.4 Å². The van der Waals surface area contributed by atoms with Crippen molar-refractivity contribution in [1.29, 1.82) is 0 Å². The summed E-state index contributed by atoms with van der Waals surface area (Å²) in [6, 6.07) is 0. The molecule has 0 radical (unpaired) electrons. The molecule has 1 fully saturated rings. The summed E-state index contributed by atoms with van der Waals surface area (Å²) in [5, 5.41) is 14.8. The molecule has 0 aromatic rings. The Kier molecular flexibility index (Phi) is 6.16. The van der Waals surface area contributed by atoms with Crippen molar-refractivity contribution in [3.8, 4) is 0 Å². The Hall–Kier alpha value is -0.260. The van der Waals surface area contributed by atoms with Crippen molar-refractivity contribution in [2.45, 2.75) is 19.8 Å². The lowest BCUT2D eigenvalue weighted by Gasteiger charge is -2.21. The van der Waals surface area contributed by atoms with Crippen molar-refractivity contribution < 1.29 is 9.90 Å². The van der Waals surface area contributed by atoms with Crippen LogP contribution in [0.2, 0.25) is 0 Å². The molecule has 0 spiro atoms. The zero-order valence-electron chi connectivity index (χ0n) is 9.92. The van der Waals surface area contributed by atoms with Crippen LogP contribution in [0.3, 0.4) is 0 Å². The third kappa shape index (κ3) is 4.31. The summed E-state index contributed by atoms with van der Waals surface area (Å²) in [6.07, 6.45) is 1.76. The molecule has 1 atom stereocenters. The van der Waals surface area contributed by atoms with Crippen molar-refractivity contribution in [2.75, 3.05) is 37.7 Å². The summed E-state index contributed by atoms with van der Waals surface area (Å²) in [4.78, 5) is 11.9. The summed E-state index contributed by atoms with van der Waals surface area (Å²) < 4.78 is 0. The molecule has 1 heterocycles. The Labute approximate surface area is 102 Å². The first-order valence-electron chi connectivity index (χ1n) is 5.87. The molecule has 1 amide bonds. The van der Waals surface area contributed by atoms with Crippen molar-refractivity contribution in [3.63, 3.8) is 0 Å². The maximum absolute atomic E-state index is 11.9. The van der Waals surface area contributed by atoms with Gasteiger partial charge in [-0.2, -0.15) is 11.8 Å². The first-order chi connectivity index (χ1) is 7.69. The smallest absolute Gasteiger partial charge is 0.227 e. The molecule has 16 heavy (non-hydrogen) atoms. The molecule has 0 aromatic heterocycles. The van der Waals surface area contributed by atoms with Crippen LogP contribution in [0.25, 0.3) is 0 Å². The van der Waals surface area contributed by atoms with Gasteiger partial charge in [0.15, 0.2) is 0 Å². The third-order valence-electron chi connectivity index (χ3n) is 2.90. The van der Waals surface area contributed by atoms with Gasteiger partial charge in [0.2, 0.25) is 5.91 Å². The number of carbonyl (C=O) groups excluding carboxylic acids is 1. The highest BCUT2D eigenvalue weighted by atomic mass is 32.2. The number of carbonyl (C=O) groups is 1. The summed E-state index contributed by atoms with van der Waals surface area (Å²) in [5.41, 5.74) is -0.213. The predicted octanol–water partition coefficient (Wildman–Crippen LogP) is 0.218. The maximum atomic E-state index is 11.9. The van der Waals surface area contributed by atoms with E-state index in [0.717, 1.165) is 44.0 Å². The van der Waals surface area contributed by atoms with Crippen LogP contribution in [-0.4, -0.2) is 48.8 Å². The fourth-order valence-electron chi connectivity index (χ4n) is 1.73. The van der Waals surface area contributed by atoms with E-state index >= 15 is 0 Å². The molecule has 1 saturated heterocycles. The van der Waals surface area contributed by atoms with Gasteiger partial charge >= 0.3 is 0 Å². The molecule has 1 rings (SSSR count). The number of aliphatic hydroxyl groups excluding tert-OH is 1. The van der Waals surface area contributed by atoms with E-state index in [9.17, 15) is 4.79 Å². The van der Waals surface area contributed by atoms with Crippen LogP contribution in [0.4, 0.5) is 0 Å². The second-order valence-corrected chi connectivity index (χ2v) is 5.66. The van der Waals surface area contributed by atoms with E-state index in [-0.39, 0.29) is 17.9 Å². The molecule has 4 nitrogen and oxygen atoms in total. The minimum Gasteiger partial charge on any atom is -0.396 e. The molecule has 1 aliphatic rings. The standard InChI is InChI=1S/C11H22N2O2S/c1-11(3-4-12-9-11)10(15)13-5-8-16-7-2-6-14/h12,14H,2-9H2,1H3,(H,13,15). The SMILES string of the molecule is CC1(C(=O)NCCSCCCO)CCNC1. The van der Waals surface area contributed by atoms with Gasteiger partial charge in [0.05, 0.1) is 5.41 Å². The normalized spacial score (nSPS) is 24.6. The zero-order chi connectivity index (χ0) is 11.9. The summed E-state index contributed by atoms with van der Waals surface area (Å²) in [6.45, 7) is 4.72. The van der Waals surface area contributed by atoms with Gasteiger partial charge in [0, 0.05) is 25.4 Å². The van der Waals surface area contributed by atoms with Crippen molar-refractivity contribution >= 4 is 17.7 Å². The van der Waals surface area contributed by atoms with E-state index in [2.05, 4.69) is 10.6 Å². The second-order valence-electron chi connectivity index (χ2n) is 4.43. The molecule has 0 aliphatic carbocycles. The van der Waals surface area contributed by atoms with Crippen LogP contribution in [-0.2, 0) is 4.79 Å². The molecule has 0 aromatic carbocycles. The maximum Gasteiger partial charge on any atom is 0.227 e. The zero-order valence-corrected chi connectivity index (χ0v) is 10.7. The van der Waals surface area contributed by atoms with Crippen LogP contribution < -0.4 is 10.6 Å². The molecular formula is C11H22N2O2S. The number of nitrogens with one attached hydrogen (secondary N) is 2. The average Bonchev–Trinajstić information content (AvgIpc) is 2.71. The highest BCUT2D eigenvalue weighted by Gasteiger charge is 2.35. The van der Waals surface area contributed by atoms with Gasteiger partial charge in [-0.3, -0.25) is 4.79 Å². The Balaban J connectivity index is 2.06. The highest BCUT2D eigenvalue weighted by Crippen LogP contribution is 2.24. The minimum atomic E-state index is -0.213. The van der Waals surface area contributed by atoms with Crippen LogP contribution in [0.15, 0.2) is 0 Å². The quantitative estimate of drug-likeness (QED) is 0.562. The fourth-order valence-corrected chi connectivity index (χ4v) is 2.51.